The van der Waals surface area contributed by atoms with Crippen molar-refractivity contribution in [1.29, 1.82) is 0 Å². The van der Waals surface area contributed by atoms with Gasteiger partial charge in [0.15, 0.2) is 11.6 Å². The maximum absolute atomic E-state index is 13.3. The summed E-state index contributed by atoms with van der Waals surface area (Å²) in [4.78, 5) is -0.0707. The molecule has 0 aliphatic rings. The van der Waals surface area contributed by atoms with Crippen molar-refractivity contribution in [3.05, 3.63) is 52.8 Å². The highest BCUT2D eigenvalue weighted by molar-refractivity contribution is 9.10. The monoisotopic (exact) mass is 359 g/mol. The van der Waals surface area contributed by atoms with Crippen LogP contribution in [0.25, 0.3) is 0 Å². The van der Waals surface area contributed by atoms with Crippen molar-refractivity contribution < 1.29 is 17.5 Å². The van der Waals surface area contributed by atoms with Crippen LogP contribution >= 0.6 is 15.9 Å². The summed E-state index contributed by atoms with van der Waals surface area (Å²) in [7, 11) is -2.51. The SMILES string of the molecule is COc1cc(S(=O)(=O)Nc2ccc(Br)cc2)ccc1F. The van der Waals surface area contributed by atoms with Gasteiger partial charge in [0.1, 0.15) is 0 Å². The van der Waals surface area contributed by atoms with Crippen molar-refractivity contribution in [1.82, 2.24) is 0 Å². The molecule has 0 amide bonds. The van der Waals surface area contributed by atoms with Gasteiger partial charge in [-0.25, -0.2) is 12.8 Å². The average molecular weight is 360 g/mol. The van der Waals surface area contributed by atoms with Crippen LogP contribution in [0.4, 0.5) is 10.1 Å². The van der Waals surface area contributed by atoms with Crippen molar-refractivity contribution in [2.24, 2.45) is 0 Å². The summed E-state index contributed by atoms with van der Waals surface area (Å²) in [5.41, 5.74) is 0.413. The highest BCUT2D eigenvalue weighted by Crippen LogP contribution is 2.23. The molecular formula is C13H11BrFNO3S. The van der Waals surface area contributed by atoms with E-state index in [1.807, 2.05) is 0 Å². The second-order valence-corrected chi connectivity index (χ2v) is 6.51. The van der Waals surface area contributed by atoms with E-state index in [1.54, 1.807) is 24.3 Å². The lowest BCUT2D eigenvalue weighted by atomic mass is 10.3. The molecule has 20 heavy (non-hydrogen) atoms. The summed E-state index contributed by atoms with van der Waals surface area (Å²) in [5, 5.41) is 0. The number of methoxy groups -OCH3 is 1. The van der Waals surface area contributed by atoms with Gasteiger partial charge in [-0.15, -0.1) is 0 Å². The molecule has 0 spiro atoms. The van der Waals surface area contributed by atoms with Crippen LogP contribution < -0.4 is 9.46 Å². The minimum atomic E-state index is -3.79. The molecular weight excluding hydrogens is 349 g/mol. The molecule has 0 unspecified atom stereocenters. The Morgan fingerprint density at radius 2 is 1.80 bits per heavy atom. The molecule has 0 saturated heterocycles. The van der Waals surface area contributed by atoms with Crippen molar-refractivity contribution in [3.8, 4) is 5.75 Å². The molecule has 0 aromatic heterocycles. The first kappa shape index (κ1) is 14.8. The number of nitrogens with one attached hydrogen (secondary N) is 1. The largest absolute Gasteiger partial charge is 0.494 e. The van der Waals surface area contributed by atoms with Crippen LogP contribution in [-0.4, -0.2) is 15.5 Å². The van der Waals surface area contributed by atoms with Gasteiger partial charge in [0.05, 0.1) is 12.0 Å². The maximum atomic E-state index is 13.3. The number of hydrogen-bond acceptors (Lipinski definition) is 3. The van der Waals surface area contributed by atoms with Gasteiger partial charge in [-0.3, -0.25) is 4.72 Å². The Morgan fingerprint density at radius 1 is 1.15 bits per heavy atom. The Hall–Kier alpha value is -1.60. The van der Waals surface area contributed by atoms with Gasteiger partial charge in [0.2, 0.25) is 0 Å². The van der Waals surface area contributed by atoms with Crippen LogP contribution in [0, 0.1) is 5.82 Å². The normalized spacial score (nSPS) is 11.2. The third-order valence-corrected chi connectivity index (χ3v) is 4.44. The van der Waals surface area contributed by atoms with Crippen LogP contribution in [-0.2, 0) is 10.0 Å². The Bertz CT molecular complexity index is 717. The minimum Gasteiger partial charge on any atom is -0.494 e. The fourth-order valence-corrected chi connectivity index (χ4v) is 2.88. The Morgan fingerprint density at radius 3 is 2.40 bits per heavy atom. The van der Waals surface area contributed by atoms with Crippen molar-refractivity contribution in [2.75, 3.05) is 11.8 Å². The van der Waals surface area contributed by atoms with E-state index in [-0.39, 0.29) is 10.6 Å². The lowest BCUT2D eigenvalue weighted by molar-refractivity contribution is 0.385. The van der Waals surface area contributed by atoms with Gasteiger partial charge < -0.3 is 4.74 Å². The van der Waals surface area contributed by atoms with Crippen molar-refractivity contribution >= 4 is 31.6 Å². The van der Waals surface area contributed by atoms with Crippen LogP contribution in [0.2, 0.25) is 0 Å². The smallest absolute Gasteiger partial charge is 0.262 e. The Labute approximate surface area is 124 Å². The van der Waals surface area contributed by atoms with Crippen LogP contribution in [0.3, 0.4) is 0 Å². The van der Waals surface area contributed by atoms with Crippen molar-refractivity contribution in [2.45, 2.75) is 4.90 Å². The molecule has 0 bridgehead atoms. The predicted molar refractivity (Wildman–Crippen MR) is 77.9 cm³/mol. The van der Waals surface area contributed by atoms with Gasteiger partial charge in [-0.1, -0.05) is 15.9 Å². The van der Waals surface area contributed by atoms with E-state index in [0.29, 0.717) is 5.69 Å². The minimum absolute atomic E-state index is 0.0707. The number of benzene rings is 2. The number of hydrogen-bond donors (Lipinski definition) is 1. The molecule has 106 valence electrons. The van der Waals surface area contributed by atoms with E-state index >= 15 is 0 Å². The fraction of sp³-hybridized carbons (Fsp3) is 0.0769. The zero-order valence-corrected chi connectivity index (χ0v) is 12.8. The fourth-order valence-electron chi connectivity index (χ4n) is 1.54. The first-order chi connectivity index (χ1) is 9.42. The molecule has 4 nitrogen and oxygen atoms in total. The highest BCUT2D eigenvalue weighted by Gasteiger charge is 2.16. The number of anilines is 1. The zero-order valence-electron chi connectivity index (χ0n) is 10.4. The first-order valence-electron chi connectivity index (χ1n) is 5.54. The average Bonchev–Trinajstić information content (AvgIpc) is 2.41. The van der Waals surface area contributed by atoms with E-state index < -0.39 is 15.8 Å². The summed E-state index contributed by atoms with van der Waals surface area (Å²) >= 11 is 3.26. The quantitative estimate of drug-likeness (QED) is 0.909. The molecule has 0 radical (unpaired) electrons. The van der Waals surface area contributed by atoms with Gasteiger partial charge in [0.25, 0.3) is 10.0 Å². The molecule has 0 saturated carbocycles. The van der Waals surface area contributed by atoms with E-state index in [2.05, 4.69) is 20.7 Å². The van der Waals surface area contributed by atoms with Crippen molar-refractivity contribution in [3.63, 3.8) is 0 Å². The summed E-state index contributed by atoms with van der Waals surface area (Å²) in [6.45, 7) is 0. The van der Waals surface area contributed by atoms with E-state index in [4.69, 9.17) is 4.74 Å². The third kappa shape index (κ3) is 3.29. The van der Waals surface area contributed by atoms with E-state index in [1.165, 1.54) is 13.2 Å². The zero-order chi connectivity index (χ0) is 14.8. The Kier molecular flexibility index (Phi) is 4.29. The van der Waals surface area contributed by atoms with E-state index in [9.17, 15) is 12.8 Å². The van der Waals surface area contributed by atoms with Gasteiger partial charge in [0, 0.05) is 16.2 Å². The van der Waals surface area contributed by atoms with Crippen LogP contribution in [0.5, 0.6) is 5.75 Å². The molecule has 0 fully saturated rings. The summed E-state index contributed by atoms with van der Waals surface area (Å²) in [5.74, 6) is -0.737. The molecule has 2 aromatic rings. The molecule has 0 aliphatic heterocycles. The molecule has 0 heterocycles. The standard InChI is InChI=1S/C13H11BrFNO3S/c1-19-13-8-11(6-7-12(13)15)20(17,18)16-10-4-2-9(14)3-5-10/h2-8,16H,1H3. The second kappa shape index (κ2) is 5.80. The van der Waals surface area contributed by atoms with Gasteiger partial charge >= 0.3 is 0 Å². The Balaban J connectivity index is 2.33. The lowest BCUT2D eigenvalue weighted by Gasteiger charge is -2.09. The van der Waals surface area contributed by atoms with Gasteiger partial charge in [-0.05, 0) is 36.4 Å². The maximum Gasteiger partial charge on any atom is 0.262 e. The summed E-state index contributed by atoms with van der Waals surface area (Å²) in [6, 6.07) is 10.0. The number of halogens is 2. The topological polar surface area (TPSA) is 55.4 Å². The summed E-state index contributed by atoms with van der Waals surface area (Å²) in [6.07, 6.45) is 0. The molecule has 7 heteroatoms. The van der Waals surface area contributed by atoms with E-state index in [0.717, 1.165) is 16.6 Å². The third-order valence-electron chi connectivity index (χ3n) is 2.53. The summed E-state index contributed by atoms with van der Waals surface area (Å²) < 4.78 is 45.6. The second-order valence-electron chi connectivity index (χ2n) is 3.91. The predicted octanol–water partition coefficient (Wildman–Crippen LogP) is 3.40. The molecule has 2 rings (SSSR count). The molecule has 1 N–H and O–H groups in total. The highest BCUT2D eigenvalue weighted by atomic mass is 79.9. The molecule has 2 aromatic carbocycles. The number of rotatable bonds is 4. The molecule has 0 aliphatic carbocycles. The van der Waals surface area contributed by atoms with Crippen LogP contribution in [0.1, 0.15) is 0 Å². The lowest BCUT2D eigenvalue weighted by Crippen LogP contribution is -2.13. The number of ether oxygens (including phenoxy) is 1. The van der Waals surface area contributed by atoms with Crippen LogP contribution in [0.15, 0.2) is 51.8 Å². The number of sulfonamides is 1. The first-order valence-corrected chi connectivity index (χ1v) is 7.82. The van der Waals surface area contributed by atoms with Gasteiger partial charge in [-0.2, -0.15) is 0 Å². The molecule has 0 atom stereocenters.